The minimum absolute atomic E-state index is 0.135. The summed E-state index contributed by atoms with van der Waals surface area (Å²) in [4.78, 5) is 22.4. The van der Waals surface area contributed by atoms with Crippen LogP contribution in [0.25, 0.3) is 11.5 Å². The molecule has 6 nitrogen and oxygen atoms in total. The first-order valence-corrected chi connectivity index (χ1v) is 7.30. The molecular formula is C15H18N4O2. The van der Waals surface area contributed by atoms with Crippen molar-refractivity contribution in [2.45, 2.75) is 32.1 Å². The van der Waals surface area contributed by atoms with Gasteiger partial charge in [0.2, 0.25) is 17.6 Å². The maximum atomic E-state index is 11.9. The zero-order valence-corrected chi connectivity index (χ0v) is 12.0. The van der Waals surface area contributed by atoms with E-state index in [0.29, 0.717) is 30.4 Å². The second kappa shape index (κ2) is 6.03. The van der Waals surface area contributed by atoms with E-state index in [1.54, 1.807) is 6.20 Å². The van der Waals surface area contributed by atoms with Crippen molar-refractivity contribution in [3.63, 3.8) is 0 Å². The highest BCUT2D eigenvalue weighted by Gasteiger charge is 2.30. The molecule has 1 aliphatic heterocycles. The van der Waals surface area contributed by atoms with E-state index in [4.69, 9.17) is 4.52 Å². The number of nitrogens with zero attached hydrogens (tertiary/aromatic N) is 4. The summed E-state index contributed by atoms with van der Waals surface area (Å²) in [7, 11) is 0. The highest BCUT2D eigenvalue weighted by atomic mass is 16.5. The molecule has 0 spiro atoms. The monoisotopic (exact) mass is 286 g/mol. The van der Waals surface area contributed by atoms with Crippen molar-refractivity contribution in [1.82, 2.24) is 20.0 Å². The van der Waals surface area contributed by atoms with Gasteiger partial charge >= 0.3 is 0 Å². The van der Waals surface area contributed by atoms with Crippen LogP contribution in [0.15, 0.2) is 28.9 Å². The fourth-order valence-corrected chi connectivity index (χ4v) is 2.56. The van der Waals surface area contributed by atoms with Gasteiger partial charge in [0.05, 0.1) is 5.92 Å². The summed E-state index contributed by atoms with van der Waals surface area (Å²) in [5, 5.41) is 3.99. The quantitative estimate of drug-likeness (QED) is 0.862. The van der Waals surface area contributed by atoms with Crippen molar-refractivity contribution < 1.29 is 9.32 Å². The third kappa shape index (κ3) is 2.94. The molecule has 1 aliphatic rings. The molecule has 3 rings (SSSR count). The molecule has 1 atom stereocenters. The molecule has 2 aromatic heterocycles. The Balaban J connectivity index is 1.69. The molecule has 0 aromatic carbocycles. The van der Waals surface area contributed by atoms with Crippen molar-refractivity contribution in [2.75, 3.05) is 13.1 Å². The standard InChI is InChI=1S/C15H18N4O2/c1-2-5-13(20)19-9-7-11(10-19)15-17-14(18-21-15)12-6-3-4-8-16-12/h3-4,6,8,11H,2,5,7,9-10H2,1H3. The molecule has 0 radical (unpaired) electrons. The van der Waals surface area contributed by atoms with Crippen LogP contribution in [0.2, 0.25) is 0 Å². The number of hydrogen-bond donors (Lipinski definition) is 0. The number of hydrogen-bond acceptors (Lipinski definition) is 5. The van der Waals surface area contributed by atoms with E-state index in [2.05, 4.69) is 15.1 Å². The Labute approximate surface area is 123 Å². The van der Waals surface area contributed by atoms with Gasteiger partial charge in [-0.3, -0.25) is 9.78 Å². The molecule has 0 bridgehead atoms. The van der Waals surface area contributed by atoms with Gasteiger partial charge in [-0.1, -0.05) is 18.1 Å². The molecule has 0 saturated carbocycles. The third-order valence-electron chi connectivity index (χ3n) is 3.69. The lowest BCUT2D eigenvalue weighted by Gasteiger charge is -2.14. The van der Waals surface area contributed by atoms with Crippen molar-refractivity contribution in [3.8, 4) is 11.5 Å². The summed E-state index contributed by atoms with van der Waals surface area (Å²) < 4.78 is 5.35. The first-order chi connectivity index (χ1) is 10.3. The van der Waals surface area contributed by atoms with E-state index in [1.165, 1.54) is 0 Å². The van der Waals surface area contributed by atoms with Gasteiger partial charge in [-0.25, -0.2) is 0 Å². The van der Waals surface area contributed by atoms with Crippen LogP contribution in [0, 0.1) is 0 Å². The van der Waals surface area contributed by atoms with E-state index < -0.39 is 0 Å². The van der Waals surface area contributed by atoms with Gasteiger partial charge in [0.15, 0.2) is 0 Å². The van der Waals surface area contributed by atoms with Gasteiger partial charge in [0.25, 0.3) is 0 Å². The van der Waals surface area contributed by atoms with Crippen molar-refractivity contribution >= 4 is 5.91 Å². The Morgan fingerprint density at radius 2 is 2.38 bits per heavy atom. The Morgan fingerprint density at radius 1 is 1.48 bits per heavy atom. The number of aromatic nitrogens is 3. The number of carbonyl (C=O) groups is 1. The smallest absolute Gasteiger partial charge is 0.231 e. The molecule has 0 aliphatic carbocycles. The lowest BCUT2D eigenvalue weighted by Crippen LogP contribution is -2.27. The Morgan fingerprint density at radius 3 is 3.14 bits per heavy atom. The second-order valence-electron chi connectivity index (χ2n) is 5.25. The number of amides is 1. The summed E-state index contributed by atoms with van der Waals surface area (Å²) in [6, 6.07) is 5.58. The minimum atomic E-state index is 0.135. The maximum absolute atomic E-state index is 11.9. The molecular weight excluding hydrogens is 268 g/mol. The lowest BCUT2D eigenvalue weighted by molar-refractivity contribution is -0.130. The van der Waals surface area contributed by atoms with Crippen LogP contribution in [0.5, 0.6) is 0 Å². The molecule has 2 aromatic rings. The van der Waals surface area contributed by atoms with Crippen LogP contribution in [-0.2, 0) is 4.79 Å². The van der Waals surface area contributed by atoms with Crippen LogP contribution < -0.4 is 0 Å². The summed E-state index contributed by atoms with van der Waals surface area (Å²) in [5.41, 5.74) is 0.699. The van der Waals surface area contributed by atoms with Crippen LogP contribution in [0.4, 0.5) is 0 Å². The van der Waals surface area contributed by atoms with Crippen molar-refractivity contribution in [3.05, 3.63) is 30.3 Å². The Hall–Kier alpha value is -2.24. The highest BCUT2D eigenvalue weighted by molar-refractivity contribution is 5.76. The fraction of sp³-hybridized carbons (Fsp3) is 0.467. The minimum Gasteiger partial charge on any atom is -0.342 e. The highest BCUT2D eigenvalue weighted by Crippen LogP contribution is 2.27. The molecule has 0 N–H and O–H groups in total. The van der Waals surface area contributed by atoms with Crippen molar-refractivity contribution in [1.29, 1.82) is 0 Å². The van der Waals surface area contributed by atoms with Gasteiger partial charge in [0.1, 0.15) is 5.69 Å². The van der Waals surface area contributed by atoms with Gasteiger partial charge in [0, 0.05) is 25.7 Å². The van der Waals surface area contributed by atoms with E-state index >= 15 is 0 Å². The average Bonchev–Trinajstić information content (AvgIpc) is 3.17. The predicted molar refractivity (Wildman–Crippen MR) is 76.4 cm³/mol. The van der Waals surface area contributed by atoms with Gasteiger partial charge in [-0.2, -0.15) is 4.98 Å². The molecule has 6 heteroatoms. The third-order valence-corrected chi connectivity index (χ3v) is 3.69. The maximum Gasteiger partial charge on any atom is 0.231 e. The fourth-order valence-electron chi connectivity index (χ4n) is 2.56. The van der Waals surface area contributed by atoms with Crippen LogP contribution in [-0.4, -0.2) is 39.0 Å². The molecule has 110 valence electrons. The summed E-state index contributed by atoms with van der Waals surface area (Å²) in [6.45, 7) is 3.45. The molecule has 21 heavy (non-hydrogen) atoms. The number of rotatable bonds is 4. The summed E-state index contributed by atoms with van der Waals surface area (Å²) in [6.07, 6.45) is 4.06. The van der Waals surface area contributed by atoms with E-state index in [-0.39, 0.29) is 11.8 Å². The first kappa shape index (κ1) is 13.7. The summed E-state index contributed by atoms with van der Waals surface area (Å²) >= 11 is 0. The Kier molecular flexibility index (Phi) is 3.94. The van der Waals surface area contributed by atoms with Gasteiger partial charge in [-0.15, -0.1) is 0 Å². The zero-order chi connectivity index (χ0) is 14.7. The molecule has 1 fully saturated rings. The molecule has 1 amide bonds. The largest absolute Gasteiger partial charge is 0.342 e. The van der Waals surface area contributed by atoms with Crippen molar-refractivity contribution in [2.24, 2.45) is 0 Å². The number of carbonyl (C=O) groups excluding carboxylic acids is 1. The van der Waals surface area contributed by atoms with Crippen LogP contribution in [0.1, 0.15) is 38.0 Å². The summed E-state index contributed by atoms with van der Waals surface area (Å²) in [5.74, 6) is 1.45. The SMILES string of the molecule is CCCC(=O)N1CCC(c2nc(-c3ccccn3)no2)C1. The normalized spacial score (nSPS) is 18.1. The Bertz CT molecular complexity index is 611. The van der Waals surface area contributed by atoms with E-state index in [0.717, 1.165) is 19.4 Å². The lowest BCUT2D eigenvalue weighted by atomic mass is 10.1. The number of pyridine rings is 1. The predicted octanol–water partition coefficient (Wildman–Crippen LogP) is 2.25. The van der Waals surface area contributed by atoms with E-state index in [9.17, 15) is 4.79 Å². The zero-order valence-electron chi connectivity index (χ0n) is 12.0. The van der Waals surface area contributed by atoms with Gasteiger partial charge in [-0.05, 0) is 25.0 Å². The molecule has 1 saturated heterocycles. The van der Waals surface area contributed by atoms with Crippen LogP contribution >= 0.6 is 0 Å². The van der Waals surface area contributed by atoms with Gasteiger partial charge < -0.3 is 9.42 Å². The topological polar surface area (TPSA) is 72.1 Å². The first-order valence-electron chi connectivity index (χ1n) is 7.30. The molecule has 3 heterocycles. The second-order valence-corrected chi connectivity index (χ2v) is 5.25. The number of likely N-dealkylation sites (tertiary alicyclic amines) is 1. The molecule has 1 unspecified atom stereocenters. The average molecular weight is 286 g/mol. The van der Waals surface area contributed by atoms with E-state index in [1.807, 2.05) is 30.0 Å². The van der Waals surface area contributed by atoms with Crippen LogP contribution in [0.3, 0.4) is 0 Å².